The monoisotopic (exact) mass is 506 g/mol. The molecule has 36 heavy (non-hydrogen) atoms. The molecular weight excluding hydrogens is 484 g/mol. The molecule has 1 aromatic heterocycles. The summed E-state index contributed by atoms with van der Waals surface area (Å²) in [5, 5.41) is 12.6. The summed E-state index contributed by atoms with van der Waals surface area (Å²) in [7, 11) is 0. The molecule has 0 spiro atoms. The largest absolute Gasteiger partial charge is 0.481 e. The zero-order chi connectivity index (χ0) is 25.7. The van der Waals surface area contributed by atoms with E-state index in [1.165, 1.54) is 4.57 Å². The molecule has 0 amide bonds. The standard InChI is InChI=1S/C26H23ClN4O5/c1-2-30-25(34)29-24(31(26(30)35)16-17-6-8-19(27)9-7-17)28-20-10-12-21(13-11-20)36-22-5-3-4-18(14-22)15-23(32)33/h3-14H,2,15-16H2,1H3,(H,32,33)(H,28,29,34). The number of aliphatic carboxylic acids is 1. The minimum Gasteiger partial charge on any atom is -0.481 e. The number of ether oxygens (including phenoxy) is 1. The van der Waals surface area contributed by atoms with E-state index in [4.69, 9.17) is 21.4 Å². The quantitative estimate of drug-likeness (QED) is 0.348. The van der Waals surface area contributed by atoms with Crippen molar-refractivity contribution in [3.8, 4) is 11.5 Å². The Morgan fingerprint density at radius 1 is 0.972 bits per heavy atom. The van der Waals surface area contributed by atoms with Gasteiger partial charge in [0.2, 0.25) is 5.95 Å². The van der Waals surface area contributed by atoms with Gasteiger partial charge in [0.15, 0.2) is 0 Å². The smallest absolute Gasteiger partial charge is 0.354 e. The third kappa shape index (κ3) is 6.00. The summed E-state index contributed by atoms with van der Waals surface area (Å²) in [6, 6.07) is 20.8. The zero-order valence-electron chi connectivity index (χ0n) is 19.3. The van der Waals surface area contributed by atoms with Crippen molar-refractivity contribution >= 4 is 29.2 Å². The molecule has 0 saturated carbocycles. The van der Waals surface area contributed by atoms with Crippen molar-refractivity contribution < 1.29 is 14.6 Å². The topological polar surface area (TPSA) is 115 Å². The van der Waals surface area contributed by atoms with Crippen LogP contribution in [0.4, 0.5) is 11.6 Å². The molecule has 0 fully saturated rings. The molecule has 0 aliphatic rings. The highest BCUT2D eigenvalue weighted by Gasteiger charge is 2.13. The van der Waals surface area contributed by atoms with Crippen LogP contribution in [0, 0.1) is 0 Å². The van der Waals surface area contributed by atoms with Crippen LogP contribution in [-0.4, -0.2) is 25.2 Å². The van der Waals surface area contributed by atoms with Crippen LogP contribution in [-0.2, 0) is 24.3 Å². The molecule has 0 atom stereocenters. The lowest BCUT2D eigenvalue weighted by Crippen LogP contribution is -2.42. The maximum Gasteiger partial charge on any atom is 0.354 e. The third-order valence-electron chi connectivity index (χ3n) is 5.32. The Bertz CT molecular complexity index is 1500. The van der Waals surface area contributed by atoms with Crippen LogP contribution in [0.2, 0.25) is 5.02 Å². The first-order valence-corrected chi connectivity index (χ1v) is 11.5. The van der Waals surface area contributed by atoms with Crippen molar-refractivity contribution in [2.24, 2.45) is 0 Å². The molecule has 2 N–H and O–H groups in total. The average Bonchev–Trinajstić information content (AvgIpc) is 2.84. The van der Waals surface area contributed by atoms with Crippen molar-refractivity contribution in [1.29, 1.82) is 0 Å². The lowest BCUT2D eigenvalue weighted by atomic mass is 10.1. The lowest BCUT2D eigenvalue weighted by Gasteiger charge is -2.15. The maximum atomic E-state index is 13.0. The molecule has 4 rings (SSSR count). The Morgan fingerprint density at radius 2 is 1.69 bits per heavy atom. The molecule has 10 heteroatoms. The molecule has 0 bridgehead atoms. The van der Waals surface area contributed by atoms with Gasteiger partial charge in [-0.05, 0) is 66.6 Å². The van der Waals surface area contributed by atoms with Gasteiger partial charge in [-0.2, -0.15) is 4.98 Å². The maximum absolute atomic E-state index is 13.0. The Kier molecular flexibility index (Phi) is 7.50. The number of hydrogen-bond donors (Lipinski definition) is 2. The lowest BCUT2D eigenvalue weighted by molar-refractivity contribution is -0.136. The van der Waals surface area contributed by atoms with Gasteiger partial charge >= 0.3 is 17.3 Å². The van der Waals surface area contributed by atoms with Crippen molar-refractivity contribution in [3.05, 3.63) is 110 Å². The second-order valence-electron chi connectivity index (χ2n) is 7.93. The molecule has 0 aliphatic carbocycles. The van der Waals surface area contributed by atoms with Crippen LogP contribution in [0.25, 0.3) is 0 Å². The van der Waals surface area contributed by atoms with Crippen molar-refractivity contribution in [2.45, 2.75) is 26.4 Å². The highest BCUT2D eigenvalue weighted by molar-refractivity contribution is 6.30. The molecule has 0 radical (unpaired) electrons. The van der Waals surface area contributed by atoms with E-state index in [-0.39, 0.29) is 25.5 Å². The van der Waals surface area contributed by atoms with E-state index in [1.54, 1.807) is 79.7 Å². The molecule has 184 valence electrons. The highest BCUT2D eigenvalue weighted by Crippen LogP contribution is 2.25. The average molecular weight is 507 g/mol. The van der Waals surface area contributed by atoms with Gasteiger partial charge in [-0.1, -0.05) is 35.9 Å². The Labute approximate surface area is 211 Å². The second-order valence-corrected chi connectivity index (χ2v) is 8.36. The van der Waals surface area contributed by atoms with Crippen LogP contribution >= 0.6 is 11.6 Å². The first-order chi connectivity index (χ1) is 17.3. The number of rotatable bonds is 9. The normalized spacial score (nSPS) is 10.7. The highest BCUT2D eigenvalue weighted by atomic mass is 35.5. The number of aromatic nitrogens is 3. The molecule has 0 saturated heterocycles. The van der Waals surface area contributed by atoms with Gasteiger partial charge in [-0.25, -0.2) is 14.2 Å². The summed E-state index contributed by atoms with van der Waals surface area (Å²) in [4.78, 5) is 40.5. The first-order valence-electron chi connectivity index (χ1n) is 11.1. The fourth-order valence-corrected chi connectivity index (χ4v) is 3.70. The van der Waals surface area contributed by atoms with Crippen LogP contribution < -0.4 is 21.4 Å². The van der Waals surface area contributed by atoms with Crippen LogP contribution in [0.15, 0.2) is 82.4 Å². The van der Waals surface area contributed by atoms with Gasteiger partial charge in [0, 0.05) is 17.3 Å². The van der Waals surface area contributed by atoms with E-state index in [9.17, 15) is 14.4 Å². The van der Waals surface area contributed by atoms with E-state index in [2.05, 4.69) is 10.3 Å². The molecule has 0 unspecified atom stereocenters. The number of carboxylic acid groups (broad SMARTS) is 1. The predicted octanol–water partition coefficient (Wildman–Crippen LogP) is 4.29. The van der Waals surface area contributed by atoms with Gasteiger partial charge in [0.05, 0.1) is 13.0 Å². The molecular formula is C26H23ClN4O5. The van der Waals surface area contributed by atoms with Gasteiger partial charge in [-0.15, -0.1) is 0 Å². The van der Waals surface area contributed by atoms with E-state index >= 15 is 0 Å². The van der Waals surface area contributed by atoms with Gasteiger partial charge < -0.3 is 15.2 Å². The minimum atomic E-state index is -0.919. The summed E-state index contributed by atoms with van der Waals surface area (Å²) in [6.45, 7) is 2.10. The SMILES string of the molecule is CCn1c(=O)nc(Nc2ccc(Oc3cccc(CC(=O)O)c3)cc2)n(Cc2ccc(Cl)cc2)c1=O. The number of halogens is 1. The van der Waals surface area contributed by atoms with E-state index < -0.39 is 17.3 Å². The summed E-state index contributed by atoms with van der Waals surface area (Å²) in [6.07, 6.45) is -0.0956. The fraction of sp³-hybridized carbons (Fsp3) is 0.154. The van der Waals surface area contributed by atoms with Crippen molar-refractivity contribution in [1.82, 2.24) is 14.1 Å². The van der Waals surface area contributed by atoms with E-state index in [1.807, 2.05) is 0 Å². The van der Waals surface area contributed by atoms with Crippen LogP contribution in [0.5, 0.6) is 11.5 Å². The number of benzene rings is 3. The molecule has 0 aliphatic heterocycles. The van der Waals surface area contributed by atoms with E-state index in [0.29, 0.717) is 27.8 Å². The van der Waals surface area contributed by atoms with Gasteiger partial charge in [-0.3, -0.25) is 9.36 Å². The predicted molar refractivity (Wildman–Crippen MR) is 137 cm³/mol. The van der Waals surface area contributed by atoms with Gasteiger partial charge in [0.25, 0.3) is 0 Å². The number of carboxylic acids is 1. The van der Waals surface area contributed by atoms with Gasteiger partial charge in [0.1, 0.15) is 11.5 Å². The van der Waals surface area contributed by atoms with Crippen LogP contribution in [0.1, 0.15) is 18.1 Å². The Hall–Kier alpha value is -4.37. The van der Waals surface area contributed by atoms with E-state index in [0.717, 1.165) is 10.1 Å². The molecule has 1 heterocycles. The zero-order valence-corrected chi connectivity index (χ0v) is 20.1. The van der Waals surface area contributed by atoms with Crippen LogP contribution in [0.3, 0.4) is 0 Å². The summed E-state index contributed by atoms with van der Waals surface area (Å²) in [5.74, 6) is 0.231. The minimum absolute atomic E-state index is 0.0956. The van der Waals surface area contributed by atoms with Crippen molar-refractivity contribution in [2.75, 3.05) is 5.32 Å². The summed E-state index contributed by atoms with van der Waals surface area (Å²) >= 11 is 5.97. The molecule has 4 aromatic rings. The number of carbonyl (C=O) groups is 1. The second kappa shape index (κ2) is 10.9. The summed E-state index contributed by atoms with van der Waals surface area (Å²) in [5.41, 5.74) is 0.924. The Morgan fingerprint density at radius 3 is 2.36 bits per heavy atom. The number of anilines is 2. The third-order valence-corrected chi connectivity index (χ3v) is 5.57. The number of nitrogens with zero attached hydrogens (tertiary/aromatic N) is 3. The fourth-order valence-electron chi connectivity index (χ4n) is 3.58. The van der Waals surface area contributed by atoms with Crippen molar-refractivity contribution in [3.63, 3.8) is 0 Å². The molecule has 9 nitrogen and oxygen atoms in total. The Balaban J connectivity index is 1.57. The molecule has 3 aromatic carbocycles. The number of hydrogen-bond acceptors (Lipinski definition) is 6. The first kappa shape index (κ1) is 24.7. The number of nitrogens with one attached hydrogen (secondary N) is 1. The summed E-state index contributed by atoms with van der Waals surface area (Å²) < 4.78 is 8.29.